The zero-order chi connectivity index (χ0) is 22.8. The molecule has 8 nitrogen and oxygen atoms in total. The molecule has 3 rings (SSSR count). The highest BCUT2D eigenvalue weighted by Crippen LogP contribution is 2.21. The normalized spacial score (nSPS) is 11.9. The molecule has 10 heteroatoms. The van der Waals surface area contributed by atoms with Gasteiger partial charge in [-0.3, -0.25) is 4.79 Å². The van der Waals surface area contributed by atoms with Gasteiger partial charge in [0.1, 0.15) is 24.2 Å². The predicted octanol–water partition coefficient (Wildman–Crippen LogP) is 2.75. The Labute approximate surface area is 210 Å². The Bertz CT molecular complexity index is 993. The average Bonchev–Trinajstić information content (AvgIpc) is 2.82. The van der Waals surface area contributed by atoms with Crippen molar-refractivity contribution in [3.63, 3.8) is 0 Å². The monoisotopic (exact) mass is 509 g/mol. The molecule has 0 bridgehead atoms. The molecule has 2 atom stereocenters. The highest BCUT2D eigenvalue weighted by Gasteiger charge is 2.12. The van der Waals surface area contributed by atoms with Crippen molar-refractivity contribution in [1.29, 1.82) is 0 Å². The van der Waals surface area contributed by atoms with E-state index in [2.05, 4.69) is 10.3 Å². The minimum absolute atomic E-state index is 0. The number of hydrogen-bond donors (Lipinski definition) is 4. The van der Waals surface area contributed by atoms with Gasteiger partial charge in [-0.25, -0.2) is 4.98 Å². The summed E-state index contributed by atoms with van der Waals surface area (Å²) >= 11 is 0. The second-order valence-electron chi connectivity index (χ2n) is 7.26. The van der Waals surface area contributed by atoms with E-state index in [1.807, 2.05) is 42.5 Å². The van der Waals surface area contributed by atoms with Crippen LogP contribution in [0.3, 0.4) is 0 Å². The Kier molecular flexibility index (Phi) is 13.0. The van der Waals surface area contributed by atoms with Gasteiger partial charge in [0.25, 0.3) is 0 Å². The average molecular weight is 510 g/mol. The Morgan fingerprint density at radius 2 is 1.74 bits per heavy atom. The van der Waals surface area contributed by atoms with Crippen LogP contribution in [0.25, 0.3) is 0 Å². The molecule has 0 aliphatic rings. The summed E-state index contributed by atoms with van der Waals surface area (Å²) in [5, 5.41) is 23.0. The first-order valence-corrected chi connectivity index (χ1v) is 10.3. The topological polar surface area (TPSA) is 127 Å². The van der Waals surface area contributed by atoms with Crippen LogP contribution in [0.5, 0.6) is 17.4 Å². The van der Waals surface area contributed by atoms with Crippen molar-refractivity contribution in [2.75, 3.05) is 19.8 Å². The van der Waals surface area contributed by atoms with Gasteiger partial charge in [0, 0.05) is 30.4 Å². The molecule has 34 heavy (non-hydrogen) atoms. The fraction of sp³-hybridized carbons (Fsp3) is 0.250. The molecule has 184 valence electrons. The summed E-state index contributed by atoms with van der Waals surface area (Å²) in [6.07, 6.45) is 1.32. The van der Waals surface area contributed by atoms with Gasteiger partial charge in [-0.15, -0.1) is 24.8 Å². The number of primary amides is 1. The largest absolute Gasteiger partial charge is 0.491 e. The van der Waals surface area contributed by atoms with Crippen LogP contribution in [-0.4, -0.2) is 53.0 Å². The molecule has 0 fully saturated rings. The van der Waals surface area contributed by atoms with E-state index in [0.29, 0.717) is 30.0 Å². The fourth-order valence-corrected chi connectivity index (χ4v) is 2.99. The molecule has 1 heterocycles. The van der Waals surface area contributed by atoms with Crippen LogP contribution < -0.4 is 20.5 Å². The van der Waals surface area contributed by atoms with Crippen molar-refractivity contribution in [2.24, 2.45) is 5.73 Å². The van der Waals surface area contributed by atoms with Crippen molar-refractivity contribution in [3.8, 4) is 17.4 Å². The number of carbonyl (C=O) groups excluding carboxylic acids is 1. The van der Waals surface area contributed by atoms with Gasteiger partial charge >= 0.3 is 0 Å². The van der Waals surface area contributed by atoms with Gasteiger partial charge < -0.3 is 30.7 Å². The van der Waals surface area contributed by atoms with Crippen LogP contribution in [-0.2, 0) is 6.42 Å². The highest BCUT2D eigenvalue weighted by atomic mass is 35.5. The van der Waals surface area contributed by atoms with Crippen LogP contribution >= 0.6 is 24.8 Å². The molecule has 0 saturated heterocycles. The Morgan fingerprint density at radius 1 is 1.03 bits per heavy atom. The van der Waals surface area contributed by atoms with Gasteiger partial charge in [-0.05, 0) is 42.3 Å². The first-order valence-electron chi connectivity index (χ1n) is 10.3. The third-order valence-corrected chi connectivity index (χ3v) is 4.70. The van der Waals surface area contributed by atoms with Gasteiger partial charge in [0.15, 0.2) is 0 Å². The minimum atomic E-state index is -0.705. The van der Waals surface area contributed by atoms with Gasteiger partial charge in [0.2, 0.25) is 11.8 Å². The number of aromatic nitrogens is 1. The van der Waals surface area contributed by atoms with Gasteiger partial charge in [-0.1, -0.05) is 30.3 Å². The molecule has 0 radical (unpaired) electrons. The number of carbonyl (C=O) groups is 1. The van der Waals surface area contributed by atoms with Crippen molar-refractivity contribution in [2.45, 2.75) is 18.6 Å². The number of amides is 1. The number of benzene rings is 2. The molecule has 1 unspecified atom stereocenters. The van der Waals surface area contributed by atoms with E-state index in [1.54, 1.807) is 12.1 Å². The van der Waals surface area contributed by atoms with Gasteiger partial charge in [0.05, 0.1) is 6.61 Å². The first kappa shape index (κ1) is 29.2. The highest BCUT2D eigenvalue weighted by molar-refractivity contribution is 5.92. The number of rotatable bonds is 12. The standard InChI is InChI=1S/C24H27N3O5.2ClH/c25-24(30)18-10-11-26-23(13-18)32-22-8-6-17(7-9-22)12-19(15-28)27-14-20(29)16-31-21-4-2-1-3-5-21;;/h1-11,13,19-20,27-29H,12,14-16H2,(H2,25,30);2*1H/t19-,20?;;/m0../s1. The van der Waals surface area contributed by atoms with E-state index in [1.165, 1.54) is 18.3 Å². The molecule has 0 saturated carbocycles. The number of aliphatic hydroxyl groups excluding tert-OH is 2. The van der Waals surface area contributed by atoms with Gasteiger partial charge in [-0.2, -0.15) is 0 Å². The SMILES string of the molecule is Cl.Cl.NC(=O)c1ccnc(Oc2ccc(C[C@@H](CO)NCC(O)COc3ccccc3)cc2)c1. The number of pyridine rings is 1. The molecule has 0 spiro atoms. The van der Waals surface area contributed by atoms with Crippen LogP contribution in [0, 0.1) is 0 Å². The number of nitrogens with zero attached hydrogens (tertiary/aromatic N) is 1. The number of halogens is 2. The van der Waals surface area contributed by atoms with Crippen molar-refractivity contribution in [1.82, 2.24) is 10.3 Å². The summed E-state index contributed by atoms with van der Waals surface area (Å²) in [4.78, 5) is 15.3. The summed E-state index contributed by atoms with van der Waals surface area (Å²) in [6.45, 7) is 0.377. The maximum absolute atomic E-state index is 11.3. The predicted molar refractivity (Wildman–Crippen MR) is 134 cm³/mol. The van der Waals surface area contributed by atoms with E-state index in [-0.39, 0.29) is 49.9 Å². The molecule has 5 N–H and O–H groups in total. The number of ether oxygens (including phenoxy) is 2. The Balaban J connectivity index is 0.00000289. The summed E-state index contributed by atoms with van der Waals surface area (Å²) in [5.41, 5.74) is 6.57. The third kappa shape index (κ3) is 9.54. The zero-order valence-electron chi connectivity index (χ0n) is 18.4. The third-order valence-electron chi connectivity index (χ3n) is 4.70. The molecule has 0 aliphatic carbocycles. The lowest BCUT2D eigenvalue weighted by Gasteiger charge is -2.19. The van der Waals surface area contributed by atoms with E-state index in [9.17, 15) is 15.0 Å². The van der Waals surface area contributed by atoms with Crippen LogP contribution in [0.1, 0.15) is 15.9 Å². The lowest BCUT2D eigenvalue weighted by molar-refractivity contribution is 0.0995. The van der Waals surface area contributed by atoms with E-state index < -0.39 is 12.0 Å². The lowest BCUT2D eigenvalue weighted by atomic mass is 10.1. The fourth-order valence-electron chi connectivity index (χ4n) is 2.99. The first-order chi connectivity index (χ1) is 15.5. The van der Waals surface area contributed by atoms with Crippen LogP contribution in [0.4, 0.5) is 0 Å². The Morgan fingerprint density at radius 3 is 2.38 bits per heavy atom. The molecule has 0 aliphatic heterocycles. The summed E-state index contributed by atoms with van der Waals surface area (Å²) < 4.78 is 11.2. The molecular weight excluding hydrogens is 481 g/mol. The minimum Gasteiger partial charge on any atom is -0.491 e. The molecule has 2 aromatic carbocycles. The van der Waals surface area contributed by atoms with Crippen molar-refractivity contribution in [3.05, 3.63) is 84.1 Å². The van der Waals surface area contributed by atoms with E-state index in [4.69, 9.17) is 15.2 Å². The van der Waals surface area contributed by atoms with Crippen LogP contribution in [0.15, 0.2) is 72.9 Å². The number of nitrogens with two attached hydrogens (primary N) is 1. The molecule has 3 aromatic rings. The quantitative estimate of drug-likeness (QED) is 0.295. The van der Waals surface area contributed by atoms with Crippen molar-refractivity contribution >= 4 is 30.7 Å². The molecule has 1 aromatic heterocycles. The number of para-hydroxylation sites is 1. The number of hydrogen-bond acceptors (Lipinski definition) is 7. The second-order valence-corrected chi connectivity index (χ2v) is 7.26. The molecular formula is C24H29Cl2N3O5. The zero-order valence-corrected chi connectivity index (χ0v) is 20.0. The summed E-state index contributed by atoms with van der Waals surface area (Å²) in [5.74, 6) is 0.983. The summed E-state index contributed by atoms with van der Waals surface area (Å²) in [6, 6.07) is 19.4. The lowest BCUT2D eigenvalue weighted by Crippen LogP contribution is -2.41. The van der Waals surface area contributed by atoms with E-state index >= 15 is 0 Å². The smallest absolute Gasteiger partial charge is 0.248 e. The van der Waals surface area contributed by atoms with E-state index in [0.717, 1.165) is 5.56 Å². The number of aliphatic hydroxyl groups is 2. The molecule has 1 amide bonds. The number of nitrogens with one attached hydrogen (secondary N) is 1. The summed E-state index contributed by atoms with van der Waals surface area (Å²) in [7, 11) is 0. The second kappa shape index (κ2) is 15.1. The van der Waals surface area contributed by atoms with Crippen LogP contribution in [0.2, 0.25) is 0 Å². The Hall–Kier alpha value is -2.88. The maximum atomic E-state index is 11.3. The maximum Gasteiger partial charge on any atom is 0.248 e. The van der Waals surface area contributed by atoms with Crippen molar-refractivity contribution < 1.29 is 24.5 Å².